The van der Waals surface area contributed by atoms with Crippen molar-refractivity contribution >= 4 is 22.9 Å². The number of carbonyl (C=O) groups is 1. The van der Waals surface area contributed by atoms with Crippen molar-refractivity contribution in [1.82, 2.24) is 0 Å². The standard InChI is InChI=1S/C23H20N2O2/c1-27-19-12-13-22-20(14-19)21(23(26)24-22)16-25(18-10-6-3-7-11-18)15-17-8-4-2-5-9-17/h2-14,16H,15H2,1H3,(H,24,26)/b21-16+. The van der Waals surface area contributed by atoms with Gasteiger partial charge in [-0.05, 0) is 35.9 Å². The molecular formula is C23H20N2O2. The first kappa shape index (κ1) is 16.9. The number of fused-ring (bicyclic) bond motifs is 1. The van der Waals surface area contributed by atoms with Crippen LogP contribution in [0, 0.1) is 0 Å². The molecule has 0 spiro atoms. The Morgan fingerprint density at radius 3 is 2.37 bits per heavy atom. The van der Waals surface area contributed by atoms with Gasteiger partial charge in [0.15, 0.2) is 0 Å². The molecule has 4 heteroatoms. The molecule has 0 aliphatic carbocycles. The summed E-state index contributed by atoms with van der Waals surface area (Å²) < 4.78 is 5.33. The van der Waals surface area contributed by atoms with Gasteiger partial charge in [0.2, 0.25) is 0 Å². The maximum atomic E-state index is 12.6. The number of rotatable bonds is 5. The Morgan fingerprint density at radius 2 is 1.67 bits per heavy atom. The van der Waals surface area contributed by atoms with Gasteiger partial charge in [-0.3, -0.25) is 4.79 Å². The van der Waals surface area contributed by atoms with Crippen LogP contribution in [0.4, 0.5) is 11.4 Å². The van der Waals surface area contributed by atoms with Gasteiger partial charge in [-0.1, -0.05) is 48.5 Å². The molecule has 4 rings (SSSR count). The van der Waals surface area contributed by atoms with Crippen molar-refractivity contribution < 1.29 is 9.53 Å². The van der Waals surface area contributed by atoms with Crippen molar-refractivity contribution in [3.63, 3.8) is 0 Å². The van der Waals surface area contributed by atoms with Crippen molar-refractivity contribution in [3.05, 3.63) is 96.2 Å². The third-order valence-electron chi connectivity index (χ3n) is 4.58. The number of carbonyl (C=O) groups excluding carboxylic acids is 1. The van der Waals surface area contributed by atoms with Crippen molar-refractivity contribution in [2.45, 2.75) is 6.54 Å². The molecule has 0 fully saturated rings. The van der Waals surface area contributed by atoms with E-state index >= 15 is 0 Å². The highest BCUT2D eigenvalue weighted by atomic mass is 16.5. The van der Waals surface area contributed by atoms with Crippen LogP contribution in [0.3, 0.4) is 0 Å². The molecule has 4 nitrogen and oxygen atoms in total. The zero-order valence-electron chi connectivity index (χ0n) is 15.1. The number of anilines is 2. The van der Waals surface area contributed by atoms with E-state index in [1.54, 1.807) is 7.11 Å². The highest BCUT2D eigenvalue weighted by Gasteiger charge is 2.25. The molecule has 0 radical (unpaired) electrons. The molecule has 0 saturated heterocycles. The Kier molecular flexibility index (Phi) is 4.62. The van der Waals surface area contributed by atoms with Gasteiger partial charge >= 0.3 is 0 Å². The first-order valence-electron chi connectivity index (χ1n) is 8.82. The minimum absolute atomic E-state index is 0.104. The molecule has 0 bridgehead atoms. The van der Waals surface area contributed by atoms with E-state index in [0.717, 1.165) is 22.7 Å². The molecule has 27 heavy (non-hydrogen) atoms. The number of para-hydroxylation sites is 1. The second-order valence-electron chi connectivity index (χ2n) is 6.36. The number of nitrogens with one attached hydrogen (secondary N) is 1. The fourth-order valence-corrected chi connectivity index (χ4v) is 3.19. The number of hydrogen-bond donors (Lipinski definition) is 1. The molecule has 0 atom stereocenters. The number of nitrogens with zero attached hydrogens (tertiary/aromatic N) is 1. The van der Waals surface area contributed by atoms with Crippen molar-refractivity contribution in [2.75, 3.05) is 17.3 Å². The van der Waals surface area contributed by atoms with E-state index in [0.29, 0.717) is 12.1 Å². The predicted molar refractivity (Wildman–Crippen MR) is 109 cm³/mol. The Bertz CT molecular complexity index is 982. The Balaban J connectivity index is 1.76. The quantitative estimate of drug-likeness (QED) is 0.674. The number of ether oxygens (including phenoxy) is 1. The van der Waals surface area contributed by atoms with Crippen molar-refractivity contribution in [2.24, 2.45) is 0 Å². The van der Waals surface area contributed by atoms with E-state index in [4.69, 9.17) is 4.74 Å². The van der Waals surface area contributed by atoms with Crippen LogP contribution in [-0.2, 0) is 11.3 Å². The zero-order chi connectivity index (χ0) is 18.6. The van der Waals surface area contributed by atoms with E-state index in [1.807, 2.05) is 72.9 Å². The third-order valence-corrected chi connectivity index (χ3v) is 4.58. The summed E-state index contributed by atoms with van der Waals surface area (Å²) in [5, 5.41) is 2.93. The highest BCUT2D eigenvalue weighted by Crippen LogP contribution is 2.35. The van der Waals surface area contributed by atoms with Gasteiger partial charge in [-0.25, -0.2) is 0 Å². The summed E-state index contributed by atoms with van der Waals surface area (Å²) in [5.41, 5.74) is 4.48. The van der Waals surface area contributed by atoms with E-state index in [2.05, 4.69) is 22.3 Å². The SMILES string of the molecule is COc1ccc2c(c1)/C(=C\N(Cc1ccccc1)c1ccccc1)C(=O)N2. The second-order valence-corrected chi connectivity index (χ2v) is 6.36. The maximum Gasteiger partial charge on any atom is 0.257 e. The van der Waals surface area contributed by atoms with Crippen molar-refractivity contribution in [3.8, 4) is 5.75 Å². The monoisotopic (exact) mass is 356 g/mol. The van der Waals surface area contributed by atoms with Crippen LogP contribution < -0.4 is 15.0 Å². The van der Waals surface area contributed by atoms with Gasteiger partial charge in [-0.2, -0.15) is 0 Å². The van der Waals surface area contributed by atoms with Gasteiger partial charge in [0.25, 0.3) is 5.91 Å². The average Bonchev–Trinajstić information content (AvgIpc) is 3.03. The minimum Gasteiger partial charge on any atom is -0.497 e. The molecule has 1 heterocycles. The molecule has 1 aliphatic rings. The predicted octanol–water partition coefficient (Wildman–Crippen LogP) is 4.70. The molecule has 1 N–H and O–H groups in total. The lowest BCUT2D eigenvalue weighted by atomic mass is 10.1. The summed E-state index contributed by atoms with van der Waals surface area (Å²) in [5.74, 6) is 0.623. The van der Waals surface area contributed by atoms with Crippen LogP contribution in [0.5, 0.6) is 5.75 Å². The molecule has 3 aromatic rings. The Hall–Kier alpha value is -3.53. The van der Waals surface area contributed by atoms with E-state index in [-0.39, 0.29) is 5.91 Å². The van der Waals surface area contributed by atoms with E-state index < -0.39 is 0 Å². The van der Waals surface area contributed by atoms with Gasteiger partial charge in [0.1, 0.15) is 5.75 Å². The smallest absolute Gasteiger partial charge is 0.257 e. The van der Waals surface area contributed by atoms with E-state index in [1.165, 1.54) is 5.56 Å². The van der Waals surface area contributed by atoms with Gasteiger partial charge in [0, 0.05) is 29.7 Å². The molecule has 3 aromatic carbocycles. The van der Waals surface area contributed by atoms with Gasteiger partial charge in [0.05, 0.1) is 12.7 Å². The van der Waals surface area contributed by atoms with Crippen LogP contribution in [0.1, 0.15) is 11.1 Å². The normalized spacial score (nSPS) is 14.0. The van der Waals surface area contributed by atoms with Crippen LogP contribution in [-0.4, -0.2) is 13.0 Å². The highest BCUT2D eigenvalue weighted by molar-refractivity contribution is 6.31. The first-order valence-corrected chi connectivity index (χ1v) is 8.82. The average molecular weight is 356 g/mol. The number of methoxy groups -OCH3 is 1. The largest absolute Gasteiger partial charge is 0.497 e. The molecular weight excluding hydrogens is 336 g/mol. The van der Waals surface area contributed by atoms with E-state index in [9.17, 15) is 4.79 Å². The Morgan fingerprint density at radius 1 is 0.963 bits per heavy atom. The zero-order valence-corrected chi connectivity index (χ0v) is 15.1. The lowest BCUT2D eigenvalue weighted by Gasteiger charge is -2.21. The number of amides is 1. The molecule has 0 aromatic heterocycles. The summed E-state index contributed by atoms with van der Waals surface area (Å²) in [7, 11) is 1.63. The summed E-state index contributed by atoms with van der Waals surface area (Å²) in [6.45, 7) is 0.668. The van der Waals surface area contributed by atoms with Crippen LogP contribution in [0.2, 0.25) is 0 Å². The third kappa shape index (κ3) is 3.55. The number of hydrogen-bond acceptors (Lipinski definition) is 3. The first-order chi connectivity index (χ1) is 13.2. The second kappa shape index (κ2) is 7.38. The van der Waals surface area contributed by atoms with Crippen molar-refractivity contribution in [1.29, 1.82) is 0 Å². The molecule has 134 valence electrons. The van der Waals surface area contributed by atoms with Crippen LogP contribution in [0.25, 0.3) is 5.57 Å². The van der Waals surface area contributed by atoms with Gasteiger partial charge < -0.3 is 15.0 Å². The summed E-state index contributed by atoms with van der Waals surface area (Å²) in [4.78, 5) is 14.7. The fourth-order valence-electron chi connectivity index (χ4n) is 3.19. The number of benzene rings is 3. The van der Waals surface area contributed by atoms with Crippen LogP contribution in [0.15, 0.2) is 85.1 Å². The molecule has 0 unspecified atom stereocenters. The van der Waals surface area contributed by atoms with Gasteiger partial charge in [-0.15, -0.1) is 0 Å². The maximum absolute atomic E-state index is 12.6. The molecule has 1 amide bonds. The summed E-state index contributed by atoms with van der Waals surface area (Å²) in [6, 6.07) is 25.9. The summed E-state index contributed by atoms with van der Waals surface area (Å²) >= 11 is 0. The lowest BCUT2D eigenvalue weighted by molar-refractivity contribution is -0.110. The van der Waals surface area contributed by atoms with Crippen LogP contribution >= 0.6 is 0 Å². The topological polar surface area (TPSA) is 41.6 Å². The molecule has 0 saturated carbocycles. The lowest BCUT2D eigenvalue weighted by Crippen LogP contribution is -2.17. The fraction of sp³-hybridized carbons (Fsp3) is 0.0870. The Labute approximate surface area is 158 Å². The molecule has 1 aliphatic heterocycles. The minimum atomic E-state index is -0.104. The summed E-state index contributed by atoms with van der Waals surface area (Å²) in [6.07, 6.45) is 1.92.